The minimum Gasteiger partial charge on any atom is -0.457 e. The molecule has 1 aromatic carbocycles. The summed E-state index contributed by atoms with van der Waals surface area (Å²) >= 11 is 0. The predicted molar refractivity (Wildman–Crippen MR) is 118 cm³/mol. The van der Waals surface area contributed by atoms with Crippen LogP contribution in [0.25, 0.3) is 0 Å². The number of amides is 1. The summed E-state index contributed by atoms with van der Waals surface area (Å²) in [7, 11) is 1.71. The summed E-state index contributed by atoms with van der Waals surface area (Å²) in [5, 5.41) is 0. The first kappa shape index (κ1) is 22.1. The van der Waals surface area contributed by atoms with Crippen LogP contribution in [0, 0.1) is 12.3 Å². The van der Waals surface area contributed by atoms with Crippen molar-refractivity contribution in [3.63, 3.8) is 0 Å². The number of rotatable bonds is 5. The average molecular weight is 455 g/mol. The molecule has 1 amide bonds. The lowest BCUT2D eigenvalue weighted by molar-refractivity contribution is -0.138. The molecule has 4 aliphatic heterocycles. The van der Waals surface area contributed by atoms with Crippen LogP contribution in [0.2, 0.25) is 0 Å². The summed E-state index contributed by atoms with van der Waals surface area (Å²) in [6.07, 6.45) is 2.29. The van der Waals surface area contributed by atoms with E-state index in [2.05, 4.69) is 4.90 Å². The maximum atomic E-state index is 13.3. The molecule has 33 heavy (non-hydrogen) atoms. The van der Waals surface area contributed by atoms with Crippen molar-refractivity contribution in [2.24, 2.45) is 5.41 Å². The van der Waals surface area contributed by atoms with Crippen molar-refractivity contribution in [2.45, 2.75) is 45.8 Å². The second kappa shape index (κ2) is 8.25. The van der Waals surface area contributed by atoms with Gasteiger partial charge in [-0.25, -0.2) is 9.59 Å². The number of fused-ring (bicyclic) bond motifs is 1. The fraction of sp³-hybridized carbons (Fsp3) is 0.560. The molecule has 0 N–H and O–H groups in total. The van der Waals surface area contributed by atoms with Crippen LogP contribution in [-0.4, -0.2) is 67.5 Å². The fourth-order valence-corrected chi connectivity index (χ4v) is 5.71. The molecule has 0 bridgehead atoms. The molecular formula is C25H30N2O6. The van der Waals surface area contributed by atoms with Crippen molar-refractivity contribution in [2.75, 3.05) is 39.9 Å². The van der Waals surface area contributed by atoms with Gasteiger partial charge in [-0.1, -0.05) is 6.07 Å². The van der Waals surface area contributed by atoms with Gasteiger partial charge >= 0.3 is 11.9 Å². The zero-order chi connectivity index (χ0) is 23.3. The zero-order valence-corrected chi connectivity index (χ0v) is 19.4. The Labute approximate surface area is 193 Å². The van der Waals surface area contributed by atoms with E-state index in [0.29, 0.717) is 24.3 Å². The third-order valence-corrected chi connectivity index (χ3v) is 7.99. The number of likely N-dealkylation sites (tertiary alicyclic amines) is 2. The quantitative estimate of drug-likeness (QED) is 0.632. The largest absolute Gasteiger partial charge is 0.457 e. The summed E-state index contributed by atoms with van der Waals surface area (Å²) in [6, 6.07) is 3.81. The highest BCUT2D eigenvalue weighted by molar-refractivity contribution is 5.94. The van der Waals surface area contributed by atoms with Gasteiger partial charge in [0.15, 0.2) is 0 Å². The molecule has 5 rings (SSSR count). The van der Waals surface area contributed by atoms with Gasteiger partial charge in [-0.3, -0.25) is 4.79 Å². The molecule has 0 saturated carbocycles. The second-order valence-corrected chi connectivity index (χ2v) is 9.54. The van der Waals surface area contributed by atoms with E-state index in [9.17, 15) is 14.4 Å². The van der Waals surface area contributed by atoms with Crippen LogP contribution in [-0.2, 0) is 30.4 Å². The summed E-state index contributed by atoms with van der Waals surface area (Å²) in [5.74, 6) is -0.445. The maximum Gasteiger partial charge on any atom is 0.338 e. The Morgan fingerprint density at radius 1 is 1.00 bits per heavy atom. The molecule has 2 fully saturated rings. The SMILES string of the molecule is CO[C@@H](CN1CCC2(CC1)CCN(C1=C(C)C(=O)OC1)C2=O)c1ccc2c(c1C)COC2=O. The van der Waals surface area contributed by atoms with Gasteiger partial charge in [0.1, 0.15) is 13.2 Å². The lowest BCUT2D eigenvalue weighted by Gasteiger charge is -2.39. The van der Waals surface area contributed by atoms with E-state index in [-0.39, 0.29) is 36.0 Å². The summed E-state index contributed by atoms with van der Waals surface area (Å²) in [6.45, 7) is 7.29. The Kier molecular flexibility index (Phi) is 5.53. The highest BCUT2D eigenvalue weighted by Gasteiger charge is 2.50. The minimum atomic E-state index is -0.348. The molecule has 0 aliphatic carbocycles. The van der Waals surface area contributed by atoms with Gasteiger partial charge in [0, 0.05) is 25.8 Å². The molecule has 8 heteroatoms. The lowest BCUT2D eigenvalue weighted by Crippen LogP contribution is -2.45. The van der Waals surface area contributed by atoms with Crippen molar-refractivity contribution < 1.29 is 28.6 Å². The van der Waals surface area contributed by atoms with Crippen molar-refractivity contribution in [3.05, 3.63) is 45.7 Å². The van der Waals surface area contributed by atoms with Crippen LogP contribution in [0.1, 0.15) is 59.3 Å². The smallest absolute Gasteiger partial charge is 0.338 e. The van der Waals surface area contributed by atoms with Crippen molar-refractivity contribution in [1.29, 1.82) is 0 Å². The zero-order valence-electron chi connectivity index (χ0n) is 19.4. The summed E-state index contributed by atoms with van der Waals surface area (Å²) < 4.78 is 16.2. The standard InChI is InChI=1S/C25H30N2O6/c1-15-17(4-5-18-19(15)13-32-23(18)29)21(31-3)12-26-9-6-25(7-10-26)8-11-27(24(25)30)20-14-33-22(28)16(20)2/h4-5,21H,6-14H2,1-3H3/t21-/m0/s1. The highest BCUT2D eigenvalue weighted by atomic mass is 16.5. The number of carbonyl (C=O) groups is 3. The number of hydrogen-bond acceptors (Lipinski definition) is 7. The van der Waals surface area contributed by atoms with Crippen molar-refractivity contribution in [3.8, 4) is 0 Å². The number of nitrogens with zero attached hydrogens (tertiary/aromatic N) is 2. The average Bonchev–Trinajstić information content (AvgIpc) is 3.46. The number of ether oxygens (including phenoxy) is 3. The topological polar surface area (TPSA) is 85.4 Å². The molecule has 2 saturated heterocycles. The Balaban J connectivity index is 1.25. The molecule has 4 aliphatic rings. The van der Waals surface area contributed by atoms with E-state index in [0.717, 1.165) is 61.3 Å². The Hall–Kier alpha value is -2.71. The number of benzene rings is 1. The molecule has 1 spiro atoms. The first-order valence-electron chi connectivity index (χ1n) is 11.6. The van der Waals surface area contributed by atoms with E-state index in [4.69, 9.17) is 14.2 Å². The molecule has 1 aromatic rings. The number of methoxy groups -OCH3 is 1. The first-order valence-corrected chi connectivity index (χ1v) is 11.6. The van der Waals surface area contributed by atoms with Crippen LogP contribution in [0.4, 0.5) is 0 Å². The second-order valence-electron chi connectivity index (χ2n) is 9.54. The molecule has 0 aromatic heterocycles. The molecule has 4 heterocycles. The number of hydrogen-bond donors (Lipinski definition) is 0. The molecule has 1 atom stereocenters. The van der Waals surface area contributed by atoms with Crippen LogP contribution < -0.4 is 0 Å². The van der Waals surface area contributed by atoms with E-state index in [1.165, 1.54) is 0 Å². The third kappa shape index (κ3) is 3.56. The van der Waals surface area contributed by atoms with Crippen LogP contribution >= 0.6 is 0 Å². The van der Waals surface area contributed by atoms with E-state index < -0.39 is 0 Å². The third-order valence-electron chi connectivity index (χ3n) is 7.99. The van der Waals surface area contributed by atoms with Gasteiger partial charge in [-0.05, 0) is 63.4 Å². The van der Waals surface area contributed by atoms with Gasteiger partial charge in [0.25, 0.3) is 0 Å². The van der Waals surface area contributed by atoms with Gasteiger partial charge in [0.05, 0.1) is 28.4 Å². The number of cyclic esters (lactones) is 2. The Bertz CT molecular complexity index is 1050. The first-order chi connectivity index (χ1) is 15.8. The van der Waals surface area contributed by atoms with Crippen LogP contribution in [0.3, 0.4) is 0 Å². The van der Waals surface area contributed by atoms with E-state index >= 15 is 0 Å². The molecular weight excluding hydrogens is 424 g/mol. The predicted octanol–water partition coefficient (Wildman–Crippen LogP) is 2.50. The van der Waals surface area contributed by atoms with Crippen LogP contribution in [0.15, 0.2) is 23.4 Å². The monoisotopic (exact) mass is 454 g/mol. The minimum absolute atomic E-state index is 0.120. The van der Waals surface area contributed by atoms with Gasteiger partial charge in [0.2, 0.25) is 5.91 Å². The van der Waals surface area contributed by atoms with Crippen LogP contribution in [0.5, 0.6) is 0 Å². The van der Waals surface area contributed by atoms with Gasteiger partial charge < -0.3 is 24.0 Å². The normalized spacial score (nSPS) is 23.4. The number of piperidine rings is 1. The Morgan fingerprint density at radius 2 is 1.70 bits per heavy atom. The summed E-state index contributed by atoms with van der Waals surface area (Å²) in [4.78, 5) is 41.1. The van der Waals surface area contributed by atoms with E-state index in [1.807, 2.05) is 19.1 Å². The molecule has 0 radical (unpaired) electrons. The highest BCUT2D eigenvalue weighted by Crippen LogP contribution is 2.44. The van der Waals surface area contributed by atoms with Crippen molar-refractivity contribution in [1.82, 2.24) is 9.80 Å². The molecule has 176 valence electrons. The number of carbonyl (C=O) groups excluding carboxylic acids is 3. The lowest BCUT2D eigenvalue weighted by atomic mass is 9.77. The van der Waals surface area contributed by atoms with Gasteiger partial charge in [-0.2, -0.15) is 0 Å². The Morgan fingerprint density at radius 3 is 2.36 bits per heavy atom. The molecule has 8 nitrogen and oxygen atoms in total. The number of esters is 2. The maximum absolute atomic E-state index is 13.3. The van der Waals surface area contributed by atoms with E-state index in [1.54, 1.807) is 18.9 Å². The fourth-order valence-electron chi connectivity index (χ4n) is 5.71. The summed E-state index contributed by atoms with van der Waals surface area (Å²) in [5.41, 5.74) is 4.67. The molecule has 0 unspecified atom stereocenters. The van der Waals surface area contributed by atoms with Gasteiger partial charge in [-0.15, -0.1) is 0 Å². The van der Waals surface area contributed by atoms with Crippen molar-refractivity contribution >= 4 is 17.8 Å².